The van der Waals surface area contributed by atoms with Crippen LogP contribution in [-0.2, 0) is 6.42 Å². The monoisotopic (exact) mass is 228 g/mol. The van der Waals surface area contributed by atoms with Gasteiger partial charge in [-0.15, -0.1) is 0 Å². The Bertz CT molecular complexity index is 629. The van der Waals surface area contributed by atoms with E-state index >= 15 is 0 Å². The van der Waals surface area contributed by atoms with Gasteiger partial charge in [0, 0.05) is 17.4 Å². The quantitative estimate of drug-likeness (QED) is 0.816. The first-order valence-electron chi connectivity index (χ1n) is 5.56. The van der Waals surface area contributed by atoms with Gasteiger partial charge in [0.05, 0.1) is 7.11 Å². The van der Waals surface area contributed by atoms with E-state index in [0.717, 1.165) is 22.9 Å². The standard InChI is InChI=1S/C14H12O3/c1-17-9-3-4-10-11(7-9)13(16)6-8-2-5-12(15)14(8)10/h3-4,6-7,16H,2,5H2,1H3. The number of methoxy groups -OCH3 is 1. The minimum absolute atomic E-state index is 0.162. The molecular formula is C14H12O3. The number of benzene rings is 2. The van der Waals surface area contributed by atoms with Crippen LogP contribution in [0, 0.1) is 0 Å². The van der Waals surface area contributed by atoms with E-state index in [0.29, 0.717) is 17.6 Å². The Morgan fingerprint density at radius 1 is 1.18 bits per heavy atom. The third-order valence-corrected chi connectivity index (χ3v) is 3.30. The molecule has 0 saturated carbocycles. The predicted octanol–water partition coefficient (Wildman–Crippen LogP) is 2.68. The molecule has 0 amide bonds. The zero-order valence-electron chi connectivity index (χ0n) is 9.49. The Kier molecular flexibility index (Phi) is 2.08. The van der Waals surface area contributed by atoms with Crippen molar-refractivity contribution in [2.75, 3.05) is 7.11 Å². The van der Waals surface area contributed by atoms with Crippen LogP contribution in [0.2, 0.25) is 0 Å². The van der Waals surface area contributed by atoms with E-state index in [1.807, 2.05) is 12.1 Å². The highest BCUT2D eigenvalue weighted by molar-refractivity contribution is 6.13. The van der Waals surface area contributed by atoms with Gasteiger partial charge in [-0.1, -0.05) is 0 Å². The number of carbonyl (C=O) groups is 1. The number of hydrogen-bond donors (Lipinski definition) is 1. The first-order valence-corrected chi connectivity index (χ1v) is 5.56. The third-order valence-electron chi connectivity index (χ3n) is 3.30. The number of fused-ring (bicyclic) bond motifs is 3. The molecule has 1 aliphatic carbocycles. The fraction of sp³-hybridized carbons (Fsp3) is 0.214. The van der Waals surface area contributed by atoms with Gasteiger partial charge >= 0.3 is 0 Å². The Hall–Kier alpha value is -2.03. The van der Waals surface area contributed by atoms with Crippen LogP contribution < -0.4 is 4.74 Å². The first-order chi connectivity index (χ1) is 8.20. The van der Waals surface area contributed by atoms with E-state index < -0.39 is 0 Å². The van der Waals surface area contributed by atoms with Crippen molar-refractivity contribution in [1.29, 1.82) is 0 Å². The number of hydrogen-bond acceptors (Lipinski definition) is 3. The van der Waals surface area contributed by atoms with Crippen LogP contribution in [0.25, 0.3) is 10.8 Å². The van der Waals surface area contributed by atoms with Gasteiger partial charge < -0.3 is 9.84 Å². The fourth-order valence-electron chi connectivity index (χ4n) is 2.47. The Labute approximate surface area is 98.6 Å². The Morgan fingerprint density at radius 2 is 2.00 bits per heavy atom. The van der Waals surface area contributed by atoms with Crippen molar-refractivity contribution in [1.82, 2.24) is 0 Å². The van der Waals surface area contributed by atoms with E-state index in [1.54, 1.807) is 19.2 Å². The van der Waals surface area contributed by atoms with Crippen molar-refractivity contribution in [3.8, 4) is 11.5 Å². The number of aryl methyl sites for hydroxylation is 1. The van der Waals surface area contributed by atoms with E-state index in [2.05, 4.69) is 0 Å². The molecule has 86 valence electrons. The van der Waals surface area contributed by atoms with Gasteiger partial charge in [-0.25, -0.2) is 0 Å². The van der Waals surface area contributed by atoms with Gasteiger partial charge in [-0.05, 0) is 41.6 Å². The second-order valence-corrected chi connectivity index (χ2v) is 4.26. The molecule has 3 rings (SSSR count). The van der Waals surface area contributed by atoms with Gasteiger partial charge in [0.25, 0.3) is 0 Å². The SMILES string of the molecule is COc1ccc2c3c(cc(O)c2c1)CCC3=O. The summed E-state index contributed by atoms with van der Waals surface area (Å²) in [5, 5.41) is 11.5. The summed E-state index contributed by atoms with van der Waals surface area (Å²) in [7, 11) is 1.58. The highest BCUT2D eigenvalue weighted by Gasteiger charge is 2.23. The van der Waals surface area contributed by atoms with Crippen molar-refractivity contribution in [3.05, 3.63) is 35.4 Å². The van der Waals surface area contributed by atoms with Crippen LogP contribution in [0.5, 0.6) is 11.5 Å². The highest BCUT2D eigenvalue weighted by Crippen LogP contribution is 2.37. The van der Waals surface area contributed by atoms with E-state index in [4.69, 9.17) is 4.74 Å². The first kappa shape index (κ1) is 10.1. The average Bonchev–Trinajstić information content (AvgIpc) is 2.70. The summed E-state index contributed by atoms with van der Waals surface area (Å²) in [5.74, 6) is 1.06. The van der Waals surface area contributed by atoms with Gasteiger partial charge in [-0.2, -0.15) is 0 Å². The summed E-state index contributed by atoms with van der Waals surface area (Å²) in [6.45, 7) is 0. The van der Waals surface area contributed by atoms with E-state index in [1.165, 1.54) is 0 Å². The lowest BCUT2D eigenvalue weighted by atomic mass is 9.99. The Morgan fingerprint density at radius 3 is 2.76 bits per heavy atom. The predicted molar refractivity (Wildman–Crippen MR) is 64.8 cm³/mol. The molecule has 0 heterocycles. The van der Waals surface area contributed by atoms with Crippen LogP contribution >= 0.6 is 0 Å². The second-order valence-electron chi connectivity index (χ2n) is 4.26. The maximum Gasteiger partial charge on any atom is 0.164 e. The Balaban J connectivity index is 2.40. The van der Waals surface area contributed by atoms with Crippen molar-refractivity contribution >= 4 is 16.6 Å². The van der Waals surface area contributed by atoms with Crippen LogP contribution in [0.3, 0.4) is 0 Å². The molecule has 1 aliphatic rings. The number of aromatic hydroxyl groups is 1. The number of phenolic OH excluding ortho intramolecular Hbond substituents is 1. The molecule has 0 bridgehead atoms. The third kappa shape index (κ3) is 1.39. The molecule has 1 N–H and O–H groups in total. The van der Waals surface area contributed by atoms with Crippen molar-refractivity contribution in [2.24, 2.45) is 0 Å². The summed E-state index contributed by atoms with van der Waals surface area (Å²) < 4.78 is 5.13. The average molecular weight is 228 g/mol. The van der Waals surface area contributed by atoms with Crippen molar-refractivity contribution in [2.45, 2.75) is 12.8 Å². The number of ether oxygens (including phenoxy) is 1. The summed E-state index contributed by atoms with van der Waals surface area (Å²) in [6.07, 6.45) is 1.27. The molecular weight excluding hydrogens is 216 g/mol. The lowest BCUT2D eigenvalue weighted by molar-refractivity contribution is 0.0996. The van der Waals surface area contributed by atoms with Gasteiger partial charge in [0.2, 0.25) is 0 Å². The van der Waals surface area contributed by atoms with Gasteiger partial charge in [0.1, 0.15) is 11.5 Å². The maximum atomic E-state index is 11.8. The largest absolute Gasteiger partial charge is 0.507 e. The molecule has 0 aliphatic heterocycles. The lowest BCUT2D eigenvalue weighted by Crippen LogP contribution is -1.94. The summed E-state index contributed by atoms with van der Waals surface area (Å²) in [6, 6.07) is 7.11. The number of carbonyl (C=O) groups excluding carboxylic acids is 1. The van der Waals surface area contributed by atoms with E-state index in [9.17, 15) is 9.90 Å². The second kappa shape index (κ2) is 3.48. The molecule has 0 aromatic heterocycles. The zero-order valence-corrected chi connectivity index (χ0v) is 9.49. The van der Waals surface area contributed by atoms with Crippen LogP contribution in [0.4, 0.5) is 0 Å². The smallest absolute Gasteiger partial charge is 0.164 e. The molecule has 0 atom stereocenters. The number of ketones is 1. The van der Waals surface area contributed by atoms with Gasteiger partial charge in [0.15, 0.2) is 5.78 Å². The highest BCUT2D eigenvalue weighted by atomic mass is 16.5. The summed E-state index contributed by atoms with van der Waals surface area (Å²) in [4.78, 5) is 11.8. The molecule has 17 heavy (non-hydrogen) atoms. The number of Topliss-reactive ketones (excluding diaryl/α,β-unsaturated/α-hetero) is 1. The molecule has 0 radical (unpaired) electrons. The van der Waals surface area contributed by atoms with Crippen molar-refractivity contribution in [3.63, 3.8) is 0 Å². The van der Waals surface area contributed by atoms with Gasteiger partial charge in [-0.3, -0.25) is 4.79 Å². The molecule has 0 saturated heterocycles. The number of rotatable bonds is 1. The van der Waals surface area contributed by atoms with Crippen LogP contribution in [0.15, 0.2) is 24.3 Å². The molecule has 2 aromatic carbocycles. The van der Waals surface area contributed by atoms with Crippen LogP contribution in [0.1, 0.15) is 22.3 Å². The minimum atomic E-state index is 0.162. The maximum absolute atomic E-state index is 11.8. The fourth-order valence-corrected chi connectivity index (χ4v) is 2.47. The normalized spacial score (nSPS) is 14.1. The molecule has 0 spiro atoms. The summed E-state index contributed by atoms with van der Waals surface area (Å²) in [5.41, 5.74) is 1.71. The van der Waals surface area contributed by atoms with E-state index in [-0.39, 0.29) is 11.5 Å². The zero-order chi connectivity index (χ0) is 12.0. The molecule has 0 unspecified atom stereocenters. The topological polar surface area (TPSA) is 46.5 Å². The summed E-state index contributed by atoms with van der Waals surface area (Å²) >= 11 is 0. The molecule has 3 nitrogen and oxygen atoms in total. The molecule has 0 fully saturated rings. The minimum Gasteiger partial charge on any atom is -0.507 e. The lowest BCUT2D eigenvalue weighted by Gasteiger charge is -2.08. The number of phenols is 1. The molecule has 2 aromatic rings. The molecule has 3 heteroatoms. The van der Waals surface area contributed by atoms with Crippen molar-refractivity contribution < 1.29 is 14.6 Å². The van der Waals surface area contributed by atoms with Crippen LogP contribution in [-0.4, -0.2) is 18.0 Å².